The number of primary amides is 1. The summed E-state index contributed by atoms with van der Waals surface area (Å²) in [6.45, 7) is 7.26. The van der Waals surface area contributed by atoms with Gasteiger partial charge in [0.1, 0.15) is 4.32 Å². The van der Waals surface area contributed by atoms with Crippen molar-refractivity contribution >= 4 is 40.2 Å². The first kappa shape index (κ1) is 15.2. The van der Waals surface area contributed by atoms with Crippen molar-refractivity contribution in [3.63, 3.8) is 0 Å². The SMILES string of the molecule is CCN(CC)C(=S)SC(C)C(=O)NC(N)=O. The van der Waals surface area contributed by atoms with Gasteiger partial charge in [0.2, 0.25) is 5.91 Å². The Morgan fingerprint density at radius 2 is 1.94 bits per heavy atom. The van der Waals surface area contributed by atoms with Gasteiger partial charge in [0, 0.05) is 13.1 Å². The van der Waals surface area contributed by atoms with Gasteiger partial charge < -0.3 is 10.6 Å². The lowest BCUT2D eigenvalue weighted by molar-refractivity contribution is -0.119. The molecule has 3 N–H and O–H groups in total. The number of amides is 3. The van der Waals surface area contributed by atoms with Crippen LogP contribution in [-0.2, 0) is 4.79 Å². The van der Waals surface area contributed by atoms with E-state index in [-0.39, 0.29) is 0 Å². The normalized spacial score (nSPS) is 11.7. The minimum Gasteiger partial charge on any atom is -0.358 e. The maximum absolute atomic E-state index is 11.4. The summed E-state index contributed by atoms with van der Waals surface area (Å²) in [5.74, 6) is -0.424. The molecule has 16 heavy (non-hydrogen) atoms. The van der Waals surface area contributed by atoms with Gasteiger partial charge in [0.25, 0.3) is 0 Å². The first-order valence-corrected chi connectivity index (χ1v) is 6.27. The molecule has 5 nitrogen and oxygen atoms in total. The molecule has 7 heteroatoms. The summed E-state index contributed by atoms with van der Waals surface area (Å²) in [4.78, 5) is 23.8. The maximum atomic E-state index is 11.4. The summed E-state index contributed by atoms with van der Waals surface area (Å²) in [5.41, 5.74) is 4.85. The van der Waals surface area contributed by atoms with Crippen molar-refractivity contribution in [2.75, 3.05) is 13.1 Å². The molecule has 0 aliphatic carbocycles. The van der Waals surface area contributed by atoms with E-state index in [9.17, 15) is 9.59 Å². The van der Waals surface area contributed by atoms with Crippen LogP contribution in [0.15, 0.2) is 0 Å². The molecule has 0 bridgehead atoms. The van der Waals surface area contributed by atoms with Crippen LogP contribution in [0, 0.1) is 0 Å². The molecule has 0 aromatic carbocycles. The molecule has 0 aromatic heterocycles. The van der Waals surface area contributed by atoms with Gasteiger partial charge >= 0.3 is 6.03 Å². The monoisotopic (exact) mass is 263 g/mol. The number of nitrogens with two attached hydrogens (primary N) is 1. The summed E-state index contributed by atoms with van der Waals surface area (Å²) in [7, 11) is 0. The molecule has 0 heterocycles. The van der Waals surface area contributed by atoms with Gasteiger partial charge in [-0.15, -0.1) is 0 Å². The average molecular weight is 263 g/mol. The van der Waals surface area contributed by atoms with Crippen LogP contribution in [0.2, 0.25) is 0 Å². The van der Waals surface area contributed by atoms with E-state index in [2.05, 4.69) is 0 Å². The van der Waals surface area contributed by atoms with E-state index >= 15 is 0 Å². The smallest absolute Gasteiger partial charge is 0.318 e. The Balaban J connectivity index is 4.22. The number of hydrogen-bond donors (Lipinski definition) is 2. The number of carbonyl (C=O) groups excluding carboxylic acids is 2. The minimum absolute atomic E-state index is 0.424. The molecule has 0 saturated carbocycles. The Kier molecular flexibility index (Phi) is 7.07. The second kappa shape index (κ2) is 7.45. The zero-order valence-corrected chi connectivity index (χ0v) is 11.3. The lowest BCUT2D eigenvalue weighted by Crippen LogP contribution is -2.40. The van der Waals surface area contributed by atoms with E-state index in [1.54, 1.807) is 6.92 Å². The van der Waals surface area contributed by atoms with Gasteiger partial charge in [-0.25, -0.2) is 4.79 Å². The molecule has 0 aromatic rings. The van der Waals surface area contributed by atoms with Crippen molar-refractivity contribution in [2.45, 2.75) is 26.0 Å². The van der Waals surface area contributed by atoms with E-state index in [4.69, 9.17) is 18.0 Å². The van der Waals surface area contributed by atoms with Crippen LogP contribution < -0.4 is 11.1 Å². The third-order valence-electron chi connectivity index (χ3n) is 1.91. The predicted molar refractivity (Wildman–Crippen MR) is 70.3 cm³/mol. The number of nitrogens with zero attached hydrogens (tertiary/aromatic N) is 1. The molecular weight excluding hydrogens is 246 g/mol. The zero-order chi connectivity index (χ0) is 12.7. The highest BCUT2D eigenvalue weighted by Crippen LogP contribution is 2.16. The van der Waals surface area contributed by atoms with Crippen LogP contribution in [0.1, 0.15) is 20.8 Å². The third kappa shape index (κ3) is 5.32. The Labute approximate surface area is 105 Å². The molecule has 0 saturated heterocycles. The Morgan fingerprint density at radius 3 is 2.31 bits per heavy atom. The number of rotatable bonds is 4. The summed E-state index contributed by atoms with van der Waals surface area (Å²) in [6, 6.07) is -0.841. The summed E-state index contributed by atoms with van der Waals surface area (Å²) in [5, 5.41) is 1.59. The largest absolute Gasteiger partial charge is 0.358 e. The van der Waals surface area contributed by atoms with Gasteiger partial charge in [-0.2, -0.15) is 0 Å². The fourth-order valence-corrected chi connectivity index (χ4v) is 2.55. The molecular formula is C9H17N3O2S2. The van der Waals surface area contributed by atoms with Crippen LogP contribution in [0.5, 0.6) is 0 Å². The molecule has 0 aliphatic heterocycles. The molecule has 0 radical (unpaired) electrons. The molecule has 92 valence electrons. The van der Waals surface area contributed by atoms with E-state index in [0.717, 1.165) is 13.1 Å². The second-order valence-electron chi connectivity index (χ2n) is 3.05. The van der Waals surface area contributed by atoms with Crippen LogP contribution in [0.4, 0.5) is 4.79 Å². The fraction of sp³-hybridized carbons (Fsp3) is 0.667. The first-order valence-electron chi connectivity index (χ1n) is 4.98. The third-order valence-corrected chi connectivity index (χ3v) is 3.49. The quantitative estimate of drug-likeness (QED) is 0.738. The van der Waals surface area contributed by atoms with Crippen LogP contribution in [0.3, 0.4) is 0 Å². The van der Waals surface area contributed by atoms with Crippen molar-refractivity contribution in [1.29, 1.82) is 0 Å². The van der Waals surface area contributed by atoms with Crippen molar-refractivity contribution in [1.82, 2.24) is 10.2 Å². The topological polar surface area (TPSA) is 75.4 Å². The summed E-state index contributed by atoms with van der Waals surface area (Å²) < 4.78 is 0.650. The summed E-state index contributed by atoms with van der Waals surface area (Å²) in [6.07, 6.45) is 0. The molecule has 0 aliphatic rings. The minimum atomic E-state index is -0.841. The Morgan fingerprint density at radius 1 is 1.44 bits per heavy atom. The lowest BCUT2D eigenvalue weighted by Gasteiger charge is -2.22. The first-order chi connectivity index (χ1) is 7.42. The molecule has 0 spiro atoms. The van der Waals surface area contributed by atoms with Gasteiger partial charge in [-0.3, -0.25) is 10.1 Å². The van der Waals surface area contributed by atoms with Crippen LogP contribution in [-0.4, -0.2) is 39.5 Å². The summed E-state index contributed by atoms with van der Waals surface area (Å²) >= 11 is 6.42. The average Bonchev–Trinajstić information content (AvgIpc) is 2.18. The van der Waals surface area contributed by atoms with E-state index < -0.39 is 17.2 Å². The van der Waals surface area contributed by atoms with E-state index in [0.29, 0.717) is 4.32 Å². The van der Waals surface area contributed by atoms with E-state index in [1.165, 1.54) is 11.8 Å². The Hall–Kier alpha value is -0.820. The molecule has 3 amide bonds. The highest BCUT2D eigenvalue weighted by Gasteiger charge is 2.18. The van der Waals surface area contributed by atoms with Crippen LogP contribution >= 0.6 is 24.0 Å². The van der Waals surface area contributed by atoms with Crippen molar-refractivity contribution in [3.05, 3.63) is 0 Å². The number of hydrogen-bond acceptors (Lipinski definition) is 4. The van der Waals surface area contributed by atoms with E-state index in [1.807, 2.05) is 24.1 Å². The predicted octanol–water partition coefficient (Wildman–Crippen LogP) is 0.930. The van der Waals surface area contributed by atoms with Gasteiger partial charge in [-0.1, -0.05) is 24.0 Å². The molecule has 1 unspecified atom stereocenters. The number of imide groups is 1. The number of thioether (sulfide) groups is 1. The van der Waals surface area contributed by atoms with Crippen molar-refractivity contribution in [2.24, 2.45) is 5.73 Å². The second-order valence-corrected chi connectivity index (χ2v) is 5.03. The number of thiocarbonyl (C=S) groups is 1. The maximum Gasteiger partial charge on any atom is 0.318 e. The molecule has 0 fully saturated rings. The highest BCUT2D eigenvalue weighted by atomic mass is 32.2. The van der Waals surface area contributed by atoms with Gasteiger partial charge in [0.05, 0.1) is 5.25 Å². The Bertz CT molecular complexity index is 280. The zero-order valence-electron chi connectivity index (χ0n) is 9.65. The standard InChI is InChI=1S/C9H17N3O2S2/c1-4-12(5-2)9(15)16-6(3)7(13)11-8(10)14/h6H,4-5H2,1-3H3,(H3,10,11,13,14). The highest BCUT2D eigenvalue weighted by molar-refractivity contribution is 8.23. The number of carbonyl (C=O) groups is 2. The molecule has 1 atom stereocenters. The van der Waals surface area contributed by atoms with Crippen LogP contribution in [0.25, 0.3) is 0 Å². The fourth-order valence-electron chi connectivity index (χ4n) is 0.984. The molecule has 0 rings (SSSR count). The number of nitrogens with one attached hydrogen (secondary N) is 1. The van der Waals surface area contributed by atoms with Crippen molar-refractivity contribution < 1.29 is 9.59 Å². The lowest BCUT2D eigenvalue weighted by atomic mass is 10.4. The van der Waals surface area contributed by atoms with Gasteiger partial charge in [-0.05, 0) is 20.8 Å². The van der Waals surface area contributed by atoms with Crippen molar-refractivity contribution in [3.8, 4) is 0 Å². The number of urea groups is 1. The van der Waals surface area contributed by atoms with Gasteiger partial charge in [0.15, 0.2) is 0 Å².